The summed E-state index contributed by atoms with van der Waals surface area (Å²) >= 11 is 0. The molecule has 0 saturated carbocycles. The summed E-state index contributed by atoms with van der Waals surface area (Å²) in [5.41, 5.74) is 0. The zero-order chi connectivity index (χ0) is 7.14. The SMILES string of the molecule is O=C(O)[C@H]1C[C@H]2CC[C@@H]1N2. The summed E-state index contributed by atoms with van der Waals surface area (Å²) in [4.78, 5) is 10.6. The molecule has 10 heavy (non-hydrogen) atoms. The second kappa shape index (κ2) is 1.95. The van der Waals surface area contributed by atoms with Gasteiger partial charge in [0, 0.05) is 12.1 Å². The van der Waals surface area contributed by atoms with Crippen LogP contribution >= 0.6 is 0 Å². The van der Waals surface area contributed by atoms with Gasteiger partial charge in [-0.25, -0.2) is 0 Å². The Morgan fingerprint density at radius 1 is 1.50 bits per heavy atom. The minimum atomic E-state index is -0.625. The van der Waals surface area contributed by atoms with Crippen molar-refractivity contribution in [2.24, 2.45) is 5.92 Å². The first-order valence-electron chi connectivity index (χ1n) is 3.76. The number of rotatable bonds is 1. The Balaban J connectivity index is 2.08. The van der Waals surface area contributed by atoms with Crippen LogP contribution < -0.4 is 5.32 Å². The van der Waals surface area contributed by atoms with Crippen molar-refractivity contribution in [3.8, 4) is 0 Å². The maximum atomic E-state index is 10.6. The van der Waals surface area contributed by atoms with Crippen LogP contribution in [0.25, 0.3) is 0 Å². The maximum absolute atomic E-state index is 10.6. The summed E-state index contributed by atoms with van der Waals surface area (Å²) in [6.07, 6.45) is 3.08. The Bertz CT molecular complexity index is 169. The topological polar surface area (TPSA) is 49.3 Å². The molecule has 0 aliphatic carbocycles. The van der Waals surface area contributed by atoms with Gasteiger partial charge in [0.25, 0.3) is 0 Å². The molecule has 2 rings (SSSR count). The maximum Gasteiger partial charge on any atom is 0.308 e. The first kappa shape index (κ1) is 6.16. The molecule has 2 aliphatic heterocycles. The normalized spacial score (nSPS) is 44.2. The van der Waals surface area contributed by atoms with E-state index < -0.39 is 5.97 Å². The Morgan fingerprint density at radius 3 is 2.60 bits per heavy atom. The van der Waals surface area contributed by atoms with E-state index in [0.29, 0.717) is 6.04 Å². The van der Waals surface area contributed by atoms with Crippen LogP contribution in [-0.2, 0) is 4.79 Å². The highest BCUT2D eigenvalue weighted by molar-refractivity contribution is 5.71. The average Bonchev–Trinajstić information content (AvgIpc) is 2.44. The van der Waals surface area contributed by atoms with Crippen LogP contribution in [0, 0.1) is 5.92 Å². The monoisotopic (exact) mass is 141 g/mol. The molecular weight excluding hydrogens is 130 g/mol. The molecule has 56 valence electrons. The van der Waals surface area contributed by atoms with Gasteiger partial charge in [-0.05, 0) is 19.3 Å². The highest BCUT2D eigenvalue weighted by Crippen LogP contribution is 2.32. The standard InChI is InChI=1S/C7H11NO2/c9-7(10)5-3-4-1-2-6(5)8-4/h4-6,8H,1-3H2,(H,9,10)/t4-,5+,6+/m1/s1. The number of hydrogen-bond acceptors (Lipinski definition) is 2. The van der Waals surface area contributed by atoms with Crippen LogP contribution in [0.4, 0.5) is 0 Å². The van der Waals surface area contributed by atoms with E-state index in [1.165, 1.54) is 6.42 Å². The third kappa shape index (κ3) is 0.736. The van der Waals surface area contributed by atoms with Gasteiger partial charge in [0.2, 0.25) is 0 Å². The van der Waals surface area contributed by atoms with Gasteiger partial charge in [-0.15, -0.1) is 0 Å². The Kier molecular flexibility index (Phi) is 1.20. The lowest BCUT2D eigenvalue weighted by Crippen LogP contribution is -2.28. The third-order valence-electron chi connectivity index (χ3n) is 2.62. The molecule has 0 unspecified atom stereocenters. The third-order valence-corrected chi connectivity index (χ3v) is 2.62. The molecule has 2 fully saturated rings. The van der Waals surface area contributed by atoms with Crippen LogP contribution in [0.15, 0.2) is 0 Å². The van der Waals surface area contributed by atoms with Crippen molar-refractivity contribution in [1.82, 2.24) is 5.32 Å². The van der Waals surface area contributed by atoms with E-state index in [9.17, 15) is 4.79 Å². The highest BCUT2D eigenvalue weighted by Gasteiger charge is 2.42. The Morgan fingerprint density at radius 2 is 2.30 bits per heavy atom. The summed E-state index contributed by atoms with van der Waals surface area (Å²) in [7, 11) is 0. The fraction of sp³-hybridized carbons (Fsp3) is 0.857. The molecule has 0 aromatic rings. The number of fused-ring (bicyclic) bond motifs is 2. The number of nitrogens with one attached hydrogen (secondary N) is 1. The second-order valence-electron chi connectivity index (χ2n) is 3.23. The molecule has 3 atom stereocenters. The fourth-order valence-corrected chi connectivity index (χ4v) is 2.10. The molecule has 0 spiro atoms. The molecule has 2 saturated heterocycles. The van der Waals surface area contributed by atoms with Crippen LogP contribution in [0.1, 0.15) is 19.3 Å². The number of carboxylic acid groups (broad SMARTS) is 1. The first-order chi connectivity index (χ1) is 4.77. The van der Waals surface area contributed by atoms with Crippen LogP contribution in [-0.4, -0.2) is 23.2 Å². The Hall–Kier alpha value is -0.570. The molecule has 2 bridgehead atoms. The average molecular weight is 141 g/mol. The Labute approximate surface area is 59.4 Å². The second-order valence-corrected chi connectivity index (χ2v) is 3.23. The predicted molar refractivity (Wildman–Crippen MR) is 35.7 cm³/mol. The number of aliphatic carboxylic acids is 1. The van der Waals surface area contributed by atoms with Gasteiger partial charge in [-0.1, -0.05) is 0 Å². The van der Waals surface area contributed by atoms with Gasteiger partial charge in [0.15, 0.2) is 0 Å². The summed E-state index contributed by atoms with van der Waals surface area (Å²) in [5.74, 6) is -0.724. The molecule has 3 nitrogen and oxygen atoms in total. The van der Waals surface area contributed by atoms with Crippen molar-refractivity contribution in [2.75, 3.05) is 0 Å². The molecule has 2 heterocycles. The van der Waals surface area contributed by atoms with Crippen LogP contribution in [0.2, 0.25) is 0 Å². The van der Waals surface area contributed by atoms with E-state index in [1.807, 2.05) is 0 Å². The molecule has 3 heteroatoms. The van der Waals surface area contributed by atoms with E-state index in [0.717, 1.165) is 12.8 Å². The zero-order valence-electron chi connectivity index (χ0n) is 5.71. The molecule has 0 aromatic carbocycles. The van der Waals surface area contributed by atoms with E-state index in [-0.39, 0.29) is 12.0 Å². The molecule has 2 N–H and O–H groups in total. The highest BCUT2D eigenvalue weighted by atomic mass is 16.4. The zero-order valence-corrected chi connectivity index (χ0v) is 5.71. The van der Waals surface area contributed by atoms with Gasteiger partial charge in [-0.3, -0.25) is 4.79 Å². The van der Waals surface area contributed by atoms with Gasteiger partial charge in [0.05, 0.1) is 5.92 Å². The first-order valence-corrected chi connectivity index (χ1v) is 3.76. The summed E-state index contributed by atoms with van der Waals surface area (Å²) in [6, 6.07) is 0.786. The lowest BCUT2D eigenvalue weighted by Gasteiger charge is -2.14. The summed E-state index contributed by atoms with van der Waals surface area (Å²) < 4.78 is 0. The number of carbonyl (C=O) groups is 1. The van der Waals surface area contributed by atoms with Gasteiger partial charge in [-0.2, -0.15) is 0 Å². The number of carboxylic acids is 1. The lowest BCUT2D eigenvalue weighted by molar-refractivity contribution is -0.142. The number of hydrogen-bond donors (Lipinski definition) is 2. The van der Waals surface area contributed by atoms with Crippen molar-refractivity contribution in [3.05, 3.63) is 0 Å². The molecule has 0 aromatic heterocycles. The summed E-state index contributed by atoms with van der Waals surface area (Å²) in [5, 5.41) is 12.0. The molecule has 0 amide bonds. The molecule has 0 radical (unpaired) electrons. The molecular formula is C7H11NO2. The molecule has 2 aliphatic rings. The lowest BCUT2D eigenvalue weighted by atomic mass is 9.89. The smallest absolute Gasteiger partial charge is 0.308 e. The van der Waals surface area contributed by atoms with Crippen molar-refractivity contribution < 1.29 is 9.90 Å². The van der Waals surface area contributed by atoms with Crippen LogP contribution in [0.3, 0.4) is 0 Å². The quantitative estimate of drug-likeness (QED) is 0.549. The predicted octanol–water partition coefficient (Wildman–Crippen LogP) is 0.212. The van der Waals surface area contributed by atoms with Crippen molar-refractivity contribution >= 4 is 5.97 Å². The largest absolute Gasteiger partial charge is 0.481 e. The summed E-state index contributed by atoms with van der Waals surface area (Å²) in [6.45, 7) is 0. The van der Waals surface area contributed by atoms with Crippen molar-refractivity contribution in [1.29, 1.82) is 0 Å². The minimum Gasteiger partial charge on any atom is -0.481 e. The minimum absolute atomic E-state index is 0.0984. The van der Waals surface area contributed by atoms with E-state index >= 15 is 0 Å². The van der Waals surface area contributed by atoms with Gasteiger partial charge >= 0.3 is 5.97 Å². The van der Waals surface area contributed by atoms with E-state index in [4.69, 9.17) is 5.11 Å². The van der Waals surface area contributed by atoms with E-state index in [2.05, 4.69) is 5.32 Å². The van der Waals surface area contributed by atoms with Crippen molar-refractivity contribution in [2.45, 2.75) is 31.3 Å². The fourth-order valence-electron chi connectivity index (χ4n) is 2.10. The van der Waals surface area contributed by atoms with Gasteiger partial charge < -0.3 is 10.4 Å². The van der Waals surface area contributed by atoms with Crippen LogP contribution in [0.5, 0.6) is 0 Å². The van der Waals surface area contributed by atoms with E-state index in [1.54, 1.807) is 0 Å². The van der Waals surface area contributed by atoms with Crippen molar-refractivity contribution in [3.63, 3.8) is 0 Å². The van der Waals surface area contributed by atoms with Gasteiger partial charge in [0.1, 0.15) is 0 Å².